The predicted molar refractivity (Wildman–Crippen MR) is 81.5 cm³/mol. The van der Waals surface area contributed by atoms with Crippen LogP contribution >= 0.6 is 0 Å². The first-order chi connectivity index (χ1) is 10.2. The lowest BCUT2D eigenvalue weighted by Gasteiger charge is -2.35. The summed E-state index contributed by atoms with van der Waals surface area (Å²) >= 11 is 0. The van der Waals surface area contributed by atoms with Crippen LogP contribution in [0.4, 0.5) is 0 Å². The van der Waals surface area contributed by atoms with Gasteiger partial charge in [0.1, 0.15) is 5.75 Å². The van der Waals surface area contributed by atoms with Crippen LogP contribution in [0.15, 0.2) is 36.4 Å². The lowest BCUT2D eigenvalue weighted by molar-refractivity contribution is -0.00292. The van der Waals surface area contributed by atoms with Crippen molar-refractivity contribution >= 4 is 16.7 Å². The standard InChI is InChI=1S/C17H19NO3/c1-2-13-11-21-10-9-18(13)17(20)15-8-7-12-5-3-4-6-14(12)16(15)19/h3-8,13,19H,2,9-11H2,1H3. The first kappa shape index (κ1) is 13.9. The number of benzene rings is 2. The van der Waals surface area contributed by atoms with Gasteiger partial charge in [-0.15, -0.1) is 0 Å². The Hall–Kier alpha value is -2.07. The van der Waals surface area contributed by atoms with Crippen molar-refractivity contribution in [1.29, 1.82) is 0 Å². The number of ether oxygens (including phenoxy) is 1. The number of morpholine rings is 1. The minimum atomic E-state index is -0.117. The molecule has 1 aliphatic rings. The number of phenolic OH excluding ortho intramolecular Hbond substituents is 1. The Bertz CT molecular complexity index is 668. The predicted octanol–water partition coefficient (Wildman–Crippen LogP) is 2.80. The van der Waals surface area contributed by atoms with Crippen LogP contribution in [0.25, 0.3) is 10.8 Å². The van der Waals surface area contributed by atoms with E-state index in [0.717, 1.165) is 11.8 Å². The Morgan fingerprint density at radius 2 is 2.14 bits per heavy atom. The van der Waals surface area contributed by atoms with E-state index in [4.69, 9.17) is 4.74 Å². The molecule has 1 saturated heterocycles. The van der Waals surface area contributed by atoms with E-state index in [-0.39, 0.29) is 17.7 Å². The van der Waals surface area contributed by atoms with E-state index in [2.05, 4.69) is 0 Å². The van der Waals surface area contributed by atoms with Gasteiger partial charge >= 0.3 is 0 Å². The fourth-order valence-electron chi connectivity index (χ4n) is 2.84. The number of phenols is 1. The van der Waals surface area contributed by atoms with E-state index in [1.54, 1.807) is 6.07 Å². The van der Waals surface area contributed by atoms with Crippen LogP contribution in [0.2, 0.25) is 0 Å². The maximum atomic E-state index is 12.7. The van der Waals surface area contributed by atoms with Gasteiger partial charge in [0.25, 0.3) is 5.91 Å². The summed E-state index contributed by atoms with van der Waals surface area (Å²) in [6.07, 6.45) is 0.847. The lowest BCUT2D eigenvalue weighted by Crippen LogP contribution is -2.48. The van der Waals surface area contributed by atoms with Crippen molar-refractivity contribution < 1.29 is 14.6 Å². The summed E-state index contributed by atoms with van der Waals surface area (Å²) < 4.78 is 5.43. The van der Waals surface area contributed by atoms with Crippen molar-refractivity contribution in [2.24, 2.45) is 0 Å². The van der Waals surface area contributed by atoms with Gasteiger partial charge in [0.15, 0.2) is 0 Å². The SMILES string of the molecule is CCC1COCCN1C(=O)c1ccc2ccccc2c1O. The molecule has 1 aliphatic heterocycles. The normalized spacial score (nSPS) is 18.9. The van der Waals surface area contributed by atoms with Crippen molar-refractivity contribution in [2.75, 3.05) is 19.8 Å². The van der Waals surface area contributed by atoms with Gasteiger partial charge in [-0.2, -0.15) is 0 Å². The molecule has 0 bridgehead atoms. The molecule has 0 spiro atoms. The summed E-state index contributed by atoms with van der Waals surface area (Å²) in [7, 11) is 0. The number of carbonyl (C=O) groups is 1. The van der Waals surface area contributed by atoms with Gasteiger partial charge in [0, 0.05) is 11.9 Å². The van der Waals surface area contributed by atoms with E-state index in [0.29, 0.717) is 30.7 Å². The van der Waals surface area contributed by atoms with Crippen LogP contribution < -0.4 is 0 Å². The van der Waals surface area contributed by atoms with Crippen LogP contribution in [0.1, 0.15) is 23.7 Å². The summed E-state index contributed by atoms with van der Waals surface area (Å²) in [5.41, 5.74) is 0.369. The summed E-state index contributed by atoms with van der Waals surface area (Å²) in [5.74, 6) is -0.0483. The van der Waals surface area contributed by atoms with E-state index in [1.165, 1.54) is 0 Å². The Labute approximate surface area is 123 Å². The summed E-state index contributed by atoms with van der Waals surface area (Å²) in [6.45, 7) is 3.73. The second-order valence-corrected chi connectivity index (χ2v) is 5.32. The van der Waals surface area contributed by atoms with Gasteiger partial charge in [-0.05, 0) is 17.9 Å². The van der Waals surface area contributed by atoms with E-state index in [9.17, 15) is 9.90 Å². The fourth-order valence-corrected chi connectivity index (χ4v) is 2.84. The van der Waals surface area contributed by atoms with Crippen LogP contribution in [-0.4, -0.2) is 41.7 Å². The van der Waals surface area contributed by atoms with Gasteiger partial charge in [-0.25, -0.2) is 0 Å². The maximum Gasteiger partial charge on any atom is 0.258 e. The molecule has 1 amide bonds. The monoisotopic (exact) mass is 285 g/mol. The average molecular weight is 285 g/mol. The Kier molecular flexibility index (Phi) is 3.80. The van der Waals surface area contributed by atoms with Crippen LogP contribution in [0, 0.1) is 0 Å². The second-order valence-electron chi connectivity index (χ2n) is 5.32. The fraction of sp³-hybridized carbons (Fsp3) is 0.353. The third-order valence-electron chi connectivity index (χ3n) is 4.09. The molecule has 4 heteroatoms. The average Bonchev–Trinajstić information content (AvgIpc) is 2.55. The van der Waals surface area contributed by atoms with Crippen molar-refractivity contribution in [2.45, 2.75) is 19.4 Å². The molecule has 1 N–H and O–H groups in total. The van der Waals surface area contributed by atoms with Crippen LogP contribution in [0.5, 0.6) is 5.75 Å². The molecule has 1 heterocycles. The quantitative estimate of drug-likeness (QED) is 0.923. The first-order valence-corrected chi connectivity index (χ1v) is 7.31. The maximum absolute atomic E-state index is 12.7. The third kappa shape index (κ3) is 2.47. The highest BCUT2D eigenvalue weighted by atomic mass is 16.5. The van der Waals surface area contributed by atoms with Gasteiger partial charge < -0.3 is 14.7 Å². The highest BCUT2D eigenvalue weighted by Crippen LogP contribution is 2.30. The molecule has 2 aromatic rings. The zero-order chi connectivity index (χ0) is 14.8. The highest BCUT2D eigenvalue weighted by molar-refractivity contribution is 6.03. The van der Waals surface area contributed by atoms with Crippen LogP contribution in [-0.2, 0) is 4.74 Å². The number of nitrogens with zero attached hydrogens (tertiary/aromatic N) is 1. The van der Waals surface area contributed by atoms with Gasteiger partial charge in [-0.1, -0.05) is 37.3 Å². The Morgan fingerprint density at radius 3 is 2.95 bits per heavy atom. The molecule has 0 aromatic heterocycles. The number of aromatic hydroxyl groups is 1. The van der Waals surface area contributed by atoms with Crippen LogP contribution in [0.3, 0.4) is 0 Å². The van der Waals surface area contributed by atoms with Crippen molar-refractivity contribution in [1.82, 2.24) is 4.90 Å². The van der Waals surface area contributed by atoms with Gasteiger partial charge in [0.05, 0.1) is 24.8 Å². The van der Waals surface area contributed by atoms with E-state index < -0.39 is 0 Å². The molecule has 1 fully saturated rings. The molecule has 1 unspecified atom stereocenters. The lowest BCUT2D eigenvalue weighted by atomic mass is 10.0. The zero-order valence-electron chi connectivity index (χ0n) is 12.1. The number of hydrogen-bond donors (Lipinski definition) is 1. The third-order valence-corrected chi connectivity index (χ3v) is 4.09. The molecular weight excluding hydrogens is 266 g/mol. The van der Waals surface area contributed by atoms with E-state index in [1.807, 2.05) is 42.2 Å². The summed E-state index contributed by atoms with van der Waals surface area (Å²) in [6, 6.07) is 11.2. The molecule has 1 atom stereocenters. The summed E-state index contributed by atoms with van der Waals surface area (Å²) in [4.78, 5) is 14.6. The molecule has 0 radical (unpaired) electrons. The van der Waals surface area contributed by atoms with Crippen molar-refractivity contribution in [3.05, 3.63) is 42.0 Å². The second kappa shape index (κ2) is 5.74. The molecule has 3 rings (SSSR count). The zero-order valence-corrected chi connectivity index (χ0v) is 12.1. The van der Waals surface area contributed by atoms with E-state index >= 15 is 0 Å². The molecule has 0 aliphatic carbocycles. The first-order valence-electron chi connectivity index (χ1n) is 7.31. The summed E-state index contributed by atoms with van der Waals surface area (Å²) in [5, 5.41) is 12.1. The largest absolute Gasteiger partial charge is 0.506 e. The number of carbonyl (C=O) groups excluding carboxylic acids is 1. The number of amides is 1. The molecule has 21 heavy (non-hydrogen) atoms. The molecular formula is C17H19NO3. The molecule has 4 nitrogen and oxygen atoms in total. The Morgan fingerprint density at radius 1 is 1.33 bits per heavy atom. The number of fused-ring (bicyclic) bond motifs is 1. The smallest absolute Gasteiger partial charge is 0.258 e. The Balaban J connectivity index is 1.99. The van der Waals surface area contributed by atoms with Crippen molar-refractivity contribution in [3.63, 3.8) is 0 Å². The molecule has 110 valence electrons. The molecule has 0 saturated carbocycles. The number of hydrogen-bond acceptors (Lipinski definition) is 3. The van der Waals surface area contributed by atoms with Gasteiger partial charge in [-0.3, -0.25) is 4.79 Å². The minimum Gasteiger partial charge on any atom is -0.506 e. The molecule has 2 aromatic carbocycles. The number of rotatable bonds is 2. The topological polar surface area (TPSA) is 49.8 Å². The minimum absolute atomic E-state index is 0.0689. The van der Waals surface area contributed by atoms with Crippen molar-refractivity contribution in [3.8, 4) is 5.75 Å². The van der Waals surface area contributed by atoms with Gasteiger partial charge in [0.2, 0.25) is 0 Å². The highest BCUT2D eigenvalue weighted by Gasteiger charge is 2.28.